The lowest BCUT2D eigenvalue weighted by atomic mass is 9.91. The monoisotopic (exact) mass is 452 g/mol. The van der Waals surface area contributed by atoms with Gasteiger partial charge in [0.1, 0.15) is 11.4 Å². The van der Waals surface area contributed by atoms with Crippen molar-refractivity contribution in [3.63, 3.8) is 0 Å². The molecule has 1 amide bonds. The lowest BCUT2D eigenvalue weighted by Gasteiger charge is -2.19. The summed E-state index contributed by atoms with van der Waals surface area (Å²) >= 11 is 0. The minimum Gasteiger partial charge on any atom is -0.315 e. The molecule has 0 saturated heterocycles. The summed E-state index contributed by atoms with van der Waals surface area (Å²) in [5.74, 6) is -13.2. The number of anilines is 1. The van der Waals surface area contributed by atoms with Gasteiger partial charge in [-0.05, 0) is 6.07 Å². The van der Waals surface area contributed by atoms with Crippen LogP contribution in [0.15, 0.2) is 12.1 Å². The summed E-state index contributed by atoms with van der Waals surface area (Å²) in [6.45, 7) is 4.79. The second-order valence-corrected chi connectivity index (χ2v) is 7.47. The minimum atomic E-state index is -4.90. The fraction of sp³-hybridized carbons (Fsp3) is 0.278. The number of rotatable bonds is 2. The van der Waals surface area contributed by atoms with E-state index in [2.05, 4.69) is 10.1 Å². The van der Waals surface area contributed by atoms with Crippen LogP contribution >= 0.6 is 0 Å². The van der Waals surface area contributed by atoms with Crippen LogP contribution in [0.5, 0.6) is 0 Å². The van der Waals surface area contributed by atoms with Crippen LogP contribution in [-0.4, -0.2) is 20.5 Å². The molecule has 0 saturated carbocycles. The van der Waals surface area contributed by atoms with Crippen molar-refractivity contribution in [2.75, 3.05) is 5.32 Å². The van der Waals surface area contributed by atoms with E-state index in [1.54, 1.807) is 20.8 Å². The Labute approximate surface area is 168 Å². The number of aromatic nitrogens is 3. The van der Waals surface area contributed by atoms with Gasteiger partial charge in [-0.3, -0.25) is 4.79 Å². The normalized spacial score (nSPS) is 12.5. The number of nitrogens with zero attached hydrogens (tertiary/aromatic N) is 3. The number of carbonyl (C=O) groups is 1. The summed E-state index contributed by atoms with van der Waals surface area (Å²) in [5, 5.41) is 4.88. The molecule has 3 rings (SSSR count). The van der Waals surface area contributed by atoms with Crippen molar-refractivity contribution in [2.24, 2.45) is 0 Å². The lowest BCUT2D eigenvalue weighted by Crippen LogP contribution is -2.20. The molecule has 0 atom stereocenters. The number of carbonyl (C=O) groups excluding carboxylic acids is 1. The molecule has 31 heavy (non-hydrogen) atoms. The topological polar surface area (TPSA) is 59.3 Å². The zero-order valence-electron chi connectivity index (χ0n) is 15.9. The Bertz CT molecular complexity index is 1180. The van der Waals surface area contributed by atoms with Crippen molar-refractivity contribution in [3.05, 3.63) is 58.3 Å². The van der Waals surface area contributed by atoms with E-state index >= 15 is 0 Å². The number of hydrogen-bond acceptors (Lipinski definition) is 3. The molecular weight excluding hydrogens is 440 g/mol. The van der Waals surface area contributed by atoms with Crippen molar-refractivity contribution < 1.29 is 39.9 Å². The van der Waals surface area contributed by atoms with Crippen molar-refractivity contribution in [3.8, 4) is 0 Å². The molecule has 166 valence electrons. The van der Waals surface area contributed by atoms with Gasteiger partial charge in [-0.15, -0.1) is 0 Å². The molecule has 5 nitrogen and oxygen atoms in total. The molecule has 1 aromatic carbocycles. The first kappa shape index (κ1) is 22.4. The maximum absolute atomic E-state index is 13.8. The fourth-order valence-corrected chi connectivity index (χ4v) is 2.56. The van der Waals surface area contributed by atoms with Crippen LogP contribution in [0.25, 0.3) is 5.65 Å². The Hall–Kier alpha value is -3.25. The van der Waals surface area contributed by atoms with Gasteiger partial charge >= 0.3 is 6.18 Å². The third kappa shape index (κ3) is 3.91. The number of alkyl halides is 3. The van der Waals surface area contributed by atoms with Gasteiger partial charge in [-0.1, -0.05) is 20.8 Å². The van der Waals surface area contributed by atoms with Crippen LogP contribution < -0.4 is 5.32 Å². The summed E-state index contributed by atoms with van der Waals surface area (Å²) in [6, 6.07) is 1.51. The van der Waals surface area contributed by atoms with Gasteiger partial charge in [0.2, 0.25) is 5.82 Å². The third-order valence-electron chi connectivity index (χ3n) is 4.17. The highest BCUT2D eigenvalue weighted by Gasteiger charge is 2.37. The molecule has 1 N–H and O–H groups in total. The zero-order valence-corrected chi connectivity index (χ0v) is 15.9. The van der Waals surface area contributed by atoms with Gasteiger partial charge in [0.15, 0.2) is 34.6 Å². The number of halogens is 8. The summed E-state index contributed by atoms with van der Waals surface area (Å²) in [7, 11) is 0. The zero-order chi connectivity index (χ0) is 23.5. The van der Waals surface area contributed by atoms with Crippen molar-refractivity contribution in [2.45, 2.75) is 32.4 Å². The molecule has 0 spiro atoms. The molecule has 0 aliphatic carbocycles. The average molecular weight is 452 g/mol. The van der Waals surface area contributed by atoms with E-state index in [1.165, 1.54) is 5.32 Å². The molecule has 0 aliphatic heterocycles. The van der Waals surface area contributed by atoms with Gasteiger partial charge in [0, 0.05) is 11.5 Å². The first-order valence-electron chi connectivity index (χ1n) is 8.44. The highest BCUT2D eigenvalue weighted by molar-refractivity contribution is 6.03. The Morgan fingerprint density at radius 3 is 1.90 bits per heavy atom. The van der Waals surface area contributed by atoms with Crippen molar-refractivity contribution >= 4 is 17.2 Å². The summed E-state index contributed by atoms with van der Waals surface area (Å²) in [5.41, 5.74) is -4.96. The van der Waals surface area contributed by atoms with Crippen molar-refractivity contribution in [1.29, 1.82) is 0 Å². The summed E-state index contributed by atoms with van der Waals surface area (Å²) in [4.78, 5) is 16.3. The molecule has 0 aliphatic rings. The van der Waals surface area contributed by atoms with E-state index in [0.29, 0.717) is 4.52 Å². The molecular formula is C18H12F8N4O. The standard InChI is InChI=1S/C18H12F8N4O/c1-17(2,3)7-5-8(18(24,25)26)30-9(27-7)4-6(29-30)16(31)28-15-13(22)11(20)10(19)12(21)14(15)23/h4-5H,1-3H3,(H,28,31). The van der Waals surface area contributed by atoms with E-state index < -0.39 is 69.3 Å². The Kier molecular flexibility index (Phi) is 5.19. The van der Waals surface area contributed by atoms with Crippen LogP contribution in [-0.2, 0) is 11.6 Å². The number of fused-ring (bicyclic) bond motifs is 1. The SMILES string of the molecule is CC(C)(C)c1cc(C(F)(F)F)n2nc(C(=O)Nc3c(F)c(F)c(F)c(F)c3F)cc2n1. The van der Waals surface area contributed by atoms with E-state index in [0.717, 1.165) is 12.1 Å². The molecule has 0 radical (unpaired) electrons. The van der Waals surface area contributed by atoms with Gasteiger partial charge in [-0.2, -0.15) is 18.3 Å². The largest absolute Gasteiger partial charge is 0.433 e. The molecule has 0 bridgehead atoms. The molecule has 13 heteroatoms. The summed E-state index contributed by atoms with van der Waals surface area (Å²) in [6.07, 6.45) is -4.90. The Morgan fingerprint density at radius 2 is 1.42 bits per heavy atom. The van der Waals surface area contributed by atoms with Crippen LogP contribution in [0.2, 0.25) is 0 Å². The maximum Gasteiger partial charge on any atom is 0.433 e. The van der Waals surface area contributed by atoms with Crippen LogP contribution in [0, 0.1) is 29.1 Å². The smallest absolute Gasteiger partial charge is 0.315 e. The third-order valence-corrected chi connectivity index (χ3v) is 4.17. The first-order chi connectivity index (χ1) is 14.1. The highest BCUT2D eigenvalue weighted by Crippen LogP contribution is 2.33. The predicted molar refractivity (Wildman–Crippen MR) is 90.9 cm³/mol. The maximum atomic E-state index is 13.8. The van der Waals surface area contributed by atoms with Gasteiger partial charge < -0.3 is 5.32 Å². The molecule has 0 fully saturated rings. The minimum absolute atomic E-state index is 0.0129. The van der Waals surface area contributed by atoms with Crippen LogP contribution in [0.4, 0.5) is 40.8 Å². The molecule has 0 unspecified atom stereocenters. The van der Waals surface area contributed by atoms with Gasteiger partial charge in [0.05, 0.1) is 5.69 Å². The number of amides is 1. The second kappa shape index (κ2) is 7.17. The van der Waals surface area contributed by atoms with E-state index in [9.17, 15) is 39.9 Å². The van der Waals surface area contributed by atoms with E-state index in [-0.39, 0.29) is 5.69 Å². The van der Waals surface area contributed by atoms with Gasteiger partial charge in [-0.25, -0.2) is 31.5 Å². The fourth-order valence-electron chi connectivity index (χ4n) is 2.56. The highest BCUT2D eigenvalue weighted by atomic mass is 19.4. The molecule has 2 aromatic heterocycles. The van der Waals surface area contributed by atoms with Crippen LogP contribution in [0.1, 0.15) is 42.6 Å². The average Bonchev–Trinajstić information content (AvgIpc) is 3.10. The second-order valence-electron chi connectivity index (χ2n) is 7.47. The first-order valence-corrected chi connectivity index (χ1v) is 8.44. The van der Waals surface area contributed by atoms with Crippen molar-refractivity contribution in [1.82, 2.24) is 14.6 Å². The molecule has 2 heterocycles. The van der Waals surface area contributed by atoms with Gasteiger partial charge in [0.25, 0.3) is 5.91 Å². The quantitative estimate of drug-likeness (QED) is 0.339. The lowest BCUT2D eigenvalue weighted by molar-refractivity contribution is -0.142. The Morgan fingerprint density at radius 1 is 0.903 bits per heavy atom. The Balaban J connectivity index is 2.12. The summed E-state index contributed by atoms with van der Waals surface area (Å²) < 4.78 is 108. The van der Waals surface area contributed by atoms with Crippen LogP contribution in [0.3, 0.4) is 0 Å². The number of nitrogens with one attached hydrogen (secondary N) is 1. The van der Waals surface area contributed by atoms with E-state index in [4.69, 9.17) is 0 Å². The van der Waals surface area contributed by atoms with E-state index in [1.807, 2.05) is 0 Å². The predicted octanol–water partition coefficient (Wildman–Crippen LogP) is 4.99. The number of benzene rings is 1. The number of hydrogen-bond donors (Lipinski definition) is 1. The molecule has 3 aromatic rings.